The summed E-state index contributed by atoms with van der Waals surface area (Å²) in [5, 5.41) is 4.21. The lowest BCUT2D eigenvalue weighted by Gasteiger charge is -2.30. The highest BCUT2D eigenvalue weighted by atomic mass is 79.9. The zero-order valence-electron chi connectivity index (χ0n) is 12.7. The molecular weight excluding hydrogens is 326 g/mol. The minimum atomic E-state index is 0.213. The van der Waals surface area contributed by atoms with Crippen LogP contribution in [0.1, 0.15) is 44.1 Å². The first-order valence-corrected chi connectivity index (χ1v) is 9.28. The fourth-order valence-electron chi connectivity index (χ4n) is 3.19. The van der Waals surface area contributed by atoms with Crippen LogP contribution in [0, 0.1) is 11.8 Å². The first-order valence-electron chi connectivity index (χ1n) is 8.16. The Kier molecular flexibility index (Phi) is 7.28. The summed E-state index contributed by atoms with van der Waals surface area (Å²) in [5.74, 6) is 1.62. The number of alkyl halides is 1. The first-order chi connectivity index (χ1) is 10.3. The van der Waals surface area contributed by atoms with E-state index in [1.165, 1.54) is 31.2 Å². The molecule has 1 aromatic carbocycles. The van der Waals surface area contributed by atoms with Crippen LogP contribution in [0.2, 0.25) is 0 Å². The average Bonchev–Trinajstić information content (AvgIpc) is 2.54. The third-order valence-electron chi connectivity index (χ3n) is 4.54. The zero-order chi connectivity index (χ0) is 14.9. The van der Waals surface area contributed by atoms with Gasteiger partial charge in [-0.15, -0.1) is 0 Å². The summed E-state index contributed by atoms with van der Waals surface area (Å²) >= 11 is 3.61. The fourth-order valence-corrected chi connectivity index (χ4v) is 4.04. The van der Waals surface area contributed by atoms with Crippen LogP contribution in [0.25, 0.3) is 0 Å². The Balaban J connectivity index is 1.63. The molecule has 21 heavy (non-hydrogen) atoms. The van der Waals surface area contributed by atoms with E-state index in [4.69, 9.17) is 0 Å². The number of hydrogen-bond acceptors (Lipinski definition) is 1. The van der Waals surface area contributed by atoms with Gasteiger partial charge in [-0.25, -0.2) is 0 Å². The molecular formula is C18H26BrNO. The molecule has 0 saturated heterocycles. The summed E-state index contributed by atoms with van der Waals surface area (Å²) in [6, 6.07) is 10.4. The van der Waals surface area contributed by atoms with E-state index >= 15 is 0 Å². The Morgan fingerprint density at radius 2 is 1.86 bits per heavy atom. The second-order valence-electron chi connectivity index (χ2n) is 6.10. The van der Waals surface area contributed by atoms with Crippen LogP contribution >= 0.6 is 15.9 Å². The molecule has 1 fully saturated rings. The van der Waals surface area contributed by atoms with Gasteiger partial charge < -0.3 is 5.32 Å². The van der Waals surface area contributed by atoms with E-state index < -0.39 is 0 Å². The molecule has 1 amide bonds. The van der Waals surface area contributed by atoms with Gasteiger partial charge in [-0.1, -0.05) is 59.1 Å². The molecule has 2 atom stereocenters. The molecule has 0 spiro atoms. The number of benzene rings is 1. The molecule has 1 aliphatic rings. The SMILES string of the molecule is O=C(CCCc1ccccc1)NCC1CCCCC1CBr. The Bertz CT molecular complexity index is 420. The predicted molar refractivity (Wildman–Crippen MR) is 91.6 cm³/mol. The molecule has 3 heteroatoms. The molecule has 0 heterocycles. The van der Waals surface area contributed by atoms with Crippen LogP contribution in [0.15, 0.2) is 30.3 Å². The van der Waals surface area contributed by atoms with E-state index in [-0.39, 0.29) is 5.91 Å². The molecule has 1 N–H and O–H groups in total. The monoisotopic (exact) mass is 351 g/mol. The van der Waals surface area contributed by atoms with Gasteiger partial charge in [0.05, 0.1) is 0 Å². The van der Waals surface area contributed by atoms with Gasteiger partial charge in [-0.3, -0.25) is 4.79 Å². The molecule has 1 aromatic rings. The Labute approximate surface area is 136 Å². The fraction of sp³-hybridized carbons (Fsp3) is 0.611. The zero-order valence-corrected chi connectivity index (χ0v) is 14.3. The number of halogens is 1. The smallest absolute Gasteiger partial charge is 0.220 e. The number of rotatable bonds is 7. The van der Waals surface area contributed by atoms with Crippen LogP contribution < -0.4 is 5.32 Å². The largest absolute Gasteiger partial charge is 0.356 e. The van der Waals surface area contributed by atoms with Gasteiger partial charge in [0.1, 0.15) is 0 Å². The summed E-state index contributed by atoms with van der Waals surface area (Å²) in [7, 11) is 0. The standard InChI is InChI=1S/C18H26BrNO/c19-13-16-10-4-5-11-17(16)14-20-18(21)12-6-9-15-7-2-1-3-8-15/h1-3,7-8,16-17H,4-6,9-14H2,(H,20,21). The third-order valence-corrected chi connectivity index (χ3v) is 5.37. The summed E-state index contributed by atoms with van der Waals surface area (Å²) < 4.78 is 0. The number of carbonyl (C=O) groups is 1. The maximum absolute atomic E-state index is 11.9. The van der Waals surface area contributed by atoms with E-state index in [1.54, 1.807) is 0 Å². The van der Waals surface area contributed by atoms with E-state index in [0.29, 0.717) is 12.3 Å². The third kappa shape index (κ3) is 5.82. The van der Waals surface area contributed by atoms with Crippen molar-refractivity contribution in [1.82, 2.24) is 5.32 Å². The highest BCUT2D eigenvalue weighted by Crippen LogP contribution is 2.30. The number of amides is 1. The topological polar surface area (TPSA) is 29.1 Å². The predicted octanol–water partition coefficient (Wildman–Crippen LogP) is 4.33. The van der Waals surface area contributed by atoms with Crippen molar-refractivity contribution in [3.8, 4) is 0 Å². The number of carbonyl (C=O) groups excluding carboxylic acids is 1. The van der Waals surface area contributed by atoms with Crippen molar-refractivity contribution in [2.45, 2.75) is 44.9 Å². The minimum Gasteiger partial charge on any atom is -0.356 e. The van der Waals surface area contributed by atoms with E-state index in [0.717, 1.165) is 30.6 Å². The second kappa shape index (κ2) is 9.24. The molecule has 1 saturated carbocycles. The lowest BCUT2D eigenvalue weighted by Crippen LogP contribution is -2.34. The molecule has 0 aliphatic heterocycles. The summed E-state index contributed by atoms with van der Waals surface area (Å²) in [6.45, 7) is 0.862. The molecule has 2 unspecified atom stereocenters. The highest BCUT2D eigenvalue weighted by Gasteiger charge is 2.24. The van der Waals surface area contributed by atoms with Gasteiger partial charge in [-0.05, 0) is 43.1 Å². The normalized spacial score (nSPS) is 22.0. The van der Waals surface area contributed by atoms with Crippen molar-refractivity contribution in [1.29, 1.82) is 0 Å². The van der Waals surface area contributed by atoms with Gasteiger partial charge >= 0.3 is 0 Å². The Hall–Kier alpha value is -0.830. The second-order valence-corrected chi connectivity index (χ2v) is 6.75. The first kappa shape index (κ1) is 16.5. The van der Waals surface area contributed by atoms with E-state index in [1.807, 2.05) is 6.07 Å². The maximum atomic E-state index is 11.9. The van der Waals surface area contributed by atoms with Gasteiger partial charge in [0.25, 0.3) is 0 Å². The van der Waals surface area contributed by atoms with Crippen LogP contribution in [-0.2, 0) is 11.2 Å². The molecule has 2 nitrogen and oxygen atoms in total. The maximum Gasteiger partial charge on any atom is 0.220 e. The Morgan fingerprint density at radius 3 is 2.57 bits per heavy atom. The van der Waals surface area contributed by atoms with Crippen LogP contribution in [0.4, 0.5) is 0 Å². The Morgan fingerprint density at radius 1 is 1.14 bits per heavy atom. The van der Waals surface area contributed by atoms with Crippen LogP contribution in [0.5, 0.6) is 0 Å². The quantitative estimate of drug-likeness (QED) is 0.728. The molecule has 1 aliphatic carbocycles. The number of nitrogens with one attached hydrogen (secondary N) is 1. The molecule has 116 valence electrons. The van der Waals surface area contributed by atoms with Crippen molar-refractivity contribution in [3.05, 3.63) is 35.9 Å². The molecule has 2 rings (SSSR count). The number of hydrogen-bond donors (Lipinski definition) is 1. The van der Waals surface area contributed by atoms with Gasteiger partial charge in [-0.2, -0.15) is 0 Å². The minimum absolute atomic E-state index is 0.213. The molecule has 0 bridgehead atoms. The van der Waals surface area contributed by atoms with Crippen LogP contribution in [0.3, 0.4) is 0 Å². The van der Waals surface area contributed by atoms with Crippen molar-refractivity contribution in [2.75, 3.05) is 11.9 Å². The summed E-state index contributed by atoms with van der Waals surface area (Å²) in [4.78, 5) is 11.9. The molecule has 0 aromatic heterocycles. The summed E-state index contributed by atoms with van der Waals surface area (Å²) in [6.07, 6.45) is 7.79. The van der Waals surface area contributed by atoms with Crippen molar-refractivity contribution in [2.24, 2.45) is 11.8 Å². The van der Waals surface area contributed by atoms with Gasteiger partial charge in [0.15, 0.2) is 0 Å². The lowest BCUT2D eigenvalue weighted by molar-refractivity contribution is -0.121. The van der Waals surface area contributed by atoms with Crippen molar-refractivity contribution < 1.29 is 4.79 Å². The van der Waals surface area contributed by atoms with Gasteiger partial charge in [0, 0.05) is 18.3 Å². The molecule has 0 radical (unpaired) electrons. The highest BCUT2D eigenvalue weighted by molar-refractivity contribution is 9.09. The average molecular weight is 352 g/mol. The van der Waals surface area contributed by atoms with E-state index in [9.17, 15) is 4.79 Å². The van der Waals surface area contributed by atoms with Crippen molar-refractivity contribution in [3.63, 3.8) is 0 Å². The van der Waals surface area contributed by atoms with E-state index in [2.05, 4.69) is 45.5 Å². The van der Waals surface area contributed by atoms with Crippen LogP contribution in [-0.4, -0.2) is 17.8 Å². The number of aryl methyl sites for hydroxylation is 1. The van der Waals surface area contributed by atoms with Gasteiger partial charge in [0.2, 0.25) is 5.91 Å². The van der Waals surface area contributed by atoms with Crippen molar-refractivity contribution >= 4 is 21.8 Å². The lowest BCUT2D eigenvalue weighted by atomic mass is 9.80. The summed E-state index contributed by atoms with van der Waals surface area (Å²) in [5.41, 5.74) is 1.32.